The van der Waals surface area contributed by atoms with Crippen molar-refractivity contribution in [1.82, 2.24) is 10.1 Å². The molecule has 7 nitrogen and oxygen atoms in total. The molecule has 8 heteroatoms. The van der Waals surface area contributed by atoms with Crippen molar-refractivity contribution in [2.45, 2.75) is 31.2 Å². The molecule has 0 bridgehead atoms. The molecule has 1 saturated carbocycles. The van der Waals surface area contributed by atoms with Gasteiger partial charge in [-0.2, -0.15) is 4.98 Å². The molecule has 1 aromatic carbocycles. The third kappa shape index (κ3) is 3.94. The van der Waals surface area contributed by atoms with Gasteiger partial charge in [0, 0.05) is 17.7 Å². The van der Waals surface area contributed by atoms with Crippen molar-refractivity contribution < 1.29 is 18.7 Å². The molecule has 0 atom stereocenters. The molecule has 0 radical (unpaired) electrons. The minimum atomic E-state index is -0.462. The Kier molecular flexibility index (Phi) is 6.50. The molecule has 1 heterocycles. The van der Waals surface area contributed by atoms with Crippen LogP contribution in [-0.4, -0.2) is 31.5 Å². The molecule has 3 rings (SSSR count). The zero-order valence-corrected chi connectivity index (χ0v) is 16.0. The predicted molar refractivity (Wildman–Crippen MR) is 101 cm³/mol. The van der Waals surface area contributed by atoms with Gasteiger partial charge in [-0.1, -0.05) is 18.0 Å². The lowest BCUT2D eigenvalue weighted by atomic mass is 9.99. The Balaban J connectivity index is 0.00000243. The first-order valence-corrected chi connectivity index (χ1v) is 8.21. The summed E-state index contributed by atoms with van der Waals surface area (Å²) in [4.78, 5) is 4.42. The van der Waals surface area contributed by atoms with E-state index in [1.165, 1.54) is 0 Å². The van der Waals surface area contributed by atoms with E-state index in [1.54, 1.807) is 33.5 Å². The molecule has 1 aliphatic rings. The van der Waals surface area contributed by atoms with Gasteiger partial charge in [0.05, 0.1) is 26.9 Å². The highest BCUT2D eigenvalue weighted by Crippen LogP contribution is 2.36. The van der Waals surface area contributed by atoms with Crippen molar-refractivity contribution in [1.29, 1.82) is 0 Å². The lowest BCUT2D eigenvalue weighted by molar-refractivity contribution is 0.348. The minimum absolute atomic E-state index is 0. The van der Waals surface area contributed by atoms with Crippen molar-refractivity contribution in [2.75, 3.05) is 21.3 Å². The van der Waals surface area contributed by atoms with Crippen LogP contribution in [0.1, 0.15) is 43.0 Å². The van der Waals surface area contributed by atoms with Gasteiger partial charge in [0.25, 0.3) is 5.89 Å². The molecule has 0 amide bonds. The molecule has 2 N–H and O–H groups in total. The molecule has 1 aromatic heterocycles. The van der Waals surface area contributed by atoms with Crippen molar-refractivity contribution >= 4 is 24.6 Å². The monoisotopic (exact) mass is 381 g/mol. The topological polar surface area (TPSA) is 92.6 Å². The zero-order chi connectivity index (χ0) is 17.9. The van der Waals surface area contributed by atoms with Crippen LogP contribution in [0.5, 0.6) is 17.2 Å². The van der Waals surface area contributed by atoms with Crippen molar-refractivity contribution in [3.8, 4) is 17.2 Å². The number of rotatable bonds is 6. The van der Waals surface area contributed by atoms with E-state index in [0.717, 1.165) is 31.2 Å². The van der Waals surface area contributed by atoms with Gasteiger partial charge in [0.2, 0.25) is 0 Å². The van der Waals surface area contributed by atoms with Gasteiger partial charge in [-0.25, -0.2) is 0 Å². The lowest BCUT2D eigenvalue weighted by Gasteiger charge is -2.17. The third-order valence-corrected chi connectivity index (χ3v) is 4.52. The summed E-state index contributed by atoms with van der Waals surface area (Å²) in [5.74, 6) is 2.84. The summed E-state index contributed by atoms with van der Waals surface area (Å²) in [5.41, 5.74) is 6.70. The van der Waals surface area contributed by atoms with Crippen LogP contribution in [0, 0.1) is 0 Å². The summed E-state index contributed by atoms with van der Waals surface area (Å²) < 4.78 is 21.3. The molecule has 1 fully saturated rings. The van der Waals surface area contributed by atoms with Gasteiger partial charge in [-0.3, -0.25) is 0 Å². The van der Waals surface area contributed by atoms with E-state index in [2.05, 4.69) is 10.1 Å². The first-order valence-electron chi connectivity index (χ1n) is 8.21. The number of methoxy groups -OCH3 is 3. The van der Waals surface area contributed by atoms with E-state index in [0.29, 0.717) is 29.0 Å². The standard InChI is InChI=1S/C18H23N3O4.ClH/c1-22-13-11-15(24-3)14(23-2)10-12(13)6-7-16-20-17(21-25-16)18(19)8-4-5-9-18;/h6-7,10-11H,4-5,8-9,19H2,1-3H3;1H/b7-6+;. The molecule has 0 unspecified atom stereocenters. The second-order valence-electron chi connectivity index (χ2n) is 6.10. The largest absolute Gasteiger partial charge is 0.496 e. The highest BCUT2D eigenvalue weighted by molar-refractivity contribution is 5.85. The summed E-state index contributed by atoms with van der Waals surface area (Å²) >= 11 is 0. The number of ether oxygens (including phenoxy) is 3. The fraction of sp³-hybridized carbons (Fsp3) is 0.444. The summed E-state index contributed by atoms with van der Waals surface area (Å²) in [6, 6.07) is 3.60. The van der Waals surface area contributed by atoms with E-state index in [9.17, 15) is 0 Å². The average Bonchev–Trinajstić information content (AvgIpc) is 3.29. The molecule has 142 valence electrons. The number of benzene rings is 1. The fourth-order valence-electron chi connectivity index (χ4n) is 3.08. The maximum absolute atomic E-state index is 6.36. The van der Waals surface area contributed by atoms with Crippen LogP contribution < -0.4 is 19.9 Å². The van der Waals surface area contributed by atoms with Gasteiger partial charge in [0.15, 0.2) is 17.3 Å². The minimum Gasteiger partial charge on any atom is -0.496 e. The van der Waals surface area contributed by atoms with Crippen LogP contribution in [0.4, 0.5) is 0 Å². The number of hydrogen-bond acceptors (Lipinski definition) is 7. The highest BCUT2D eigenvalue weighted by Gasteiger charge is 2.35. The second kappa shape index (κ2) is 8.42. The number of hydrogen-bond donors (Lipinski definition) is 1. The van der Waals surface area contributed by atoms with Gasteiger partial charge >= 0.3 is 0 Å². The van der Waals surface area contributed by atoms with Gasteiger partial charge < -0.3 is 24.5 Å². The fourth-order valence-corrected chi connectivity index (χ4v) is 3.08. The van der Waals surface area contributed by atoms with Crippen LogP contribution >= 0.6 is 12.4 Å². The molecule has 2 aromatic rings. The second-order valence-corrected chi connectivity index (χ2v) is 6.10. The molecule has 26 heavy (non-hydrogen) atoms. The Morgan fingerprint density at radius 1 is 1.00 bits per heavy atom. The average molecular weight is 382 g/mol. The lowest BCUT2D eigenvalue weighted by Crippen LogP contribution is -2.34. The maximum atomic E-state index is 6.36. The molecule has 0 aliphatic heterocycles. The molecular weight excluding hydrogens is 358 g/mol. The Bertz CT molecular complexity index is 770. The van der Waals surface area contributed by atoms with E-state index in [1.807, 2.05) is 12.1 Å². The van der Waals surface area contributed by atoms with Crippen LogP contribution in [-0.2, 0) is 5.54 Å². The van der Waals surface area contributed by atoms with Crippen LogP contribution in [0.25, 0.3) is 12.2 Å². The van der Waals surface area contributed by atoms with Crippen molar-refractivity contribution in [2.24, 2.45) is 5.73 Å². The van der Waals surface area contributed by atoms with Gasteiger partial charge in [-0.15, -0.1) is 12.4 Å². The third-order valence-electron chi connectivity index (χ3n) is 4.52. The van der Waals surface area contributed by atoms with Crippen molar-refractivity contribution in [3.63, 3.8) is 0 Å². The van der Waals surface area contributed by atoms with Gasteiger partial charge in [-0.05, 0) is 25.0 Å². The summed E-state index contributed by atoms with van der Waals surface area (Å²) in [5, 5.41) is 4.05. The van der Waals surface area contributed by atoms with E-state index in [4.69, 9.17) is 24.5 Å². The number of nitrogens with two attached hydrogens (primary N) is 1. The predicted octanol–water partition coefficient (Wildman–Crippen LogP) is 3.42. The number of aromatic nitrogens is 2. The number of halogens is 1. The first kappa shape index (κ1) is 20.1. The maximum Gasteiger partial charge on any atom is 0.250 e. The summed E-state index contributed by atoms with van der Waals surface area (Å²) in [7, 11) is 4.77. The summed E-state index contributed by atoms with van der Waals surface area (Å²) in [6.45, 7) is 0. The molecule has 0 spiro atoms. The van der Waals surface area contributed by atoms with Crippen LogP contribution in [0.3, 0.4) is 0 Å². The van der Waals surface area contributed by atoms with E-state index < -0.39 is 5.54 Å². The Morgan fingerprint density at radius 3 is 2.23 bits per heavy atom. The van der Waals surface area contributed by atoms with E-state index >= 15 is 0 Å². The van der Waals surface area contributed by atoms with Crippen molar-refractivity contribution in [3.05, 3.63) is 29.4 Å². The Hall–Kier alpha value is -2.25. The van der Waals surface area contributed by atoms with E-state index in [-0.39, 0.29) is 12.4 Å². The SMILES string of the molecule is COc1cc(OC)c(OC)cc1/C=C/c1nc(C2(N)CCCC2)no1.Cl. The quantitative estimate of drug-likeness (QED) is 0.819. The summed E-state index contributed by atoms with van der Waals surface area (Å²) in [6.07, 6.45) is 7.53. The Morgan fingerprint density at radius 2 is 1.62 bits per heavy atom. The zero-order valence-electron chi connectivity index (χ0n) is 15.2. The highest BCUT2D eigenvalue weighted by atomic mass is 35.5. The van der Waals surface area contributed by atoms with Crippen LogP contribution in [0.2, 0.25) is 0 Å². The smallest absolute Gasteiger partial charge is 0.250 e. The molecular formula is C18H24ClN3O4. The molecule has 1 aliphatic carbocycles. The molecule has 0 saturated heterocycles. The normalized spacial score (nSPS) is 15.7. The number of nitrogens with zero attached hydrogens (tertiary/aromatic N) is 2. The van der Waals surface area contributed by atoms with Crippen LogP contribution in [0.15, 0.2) is 16.7 Å². The first-order chi connectivity index (χ1) is 12.1. The Labute approximate surface area is 158 Å². The van der Waals surface area contributed by atoms with Gasteiger partial charge in [0.1, 0.15) is 5.75 Å².